The molecule has 0 saturated heterocycles. The van der Waals surface area contributed by atoms with Gasteiger partial charge in [-0.05, 0) is 110 Å². The zero-order chi connectivity index (χ0) is 37.0. The van der Waals surface area contributed by atoms with Crippen molar-refractivity contribution in [3.63, 3.8) is 0 Å². The summed E-state index contributed by atoms with van der Waals surface area (Å²) in [5.74, 6) is 0. The molecule has 0 radical (unpaired) electrons. The van der Waals surface area contributed by atoms with Gasteiger partial charge in [0.1, 0.15) is 0 Å². The summed E-state index contributed by atoms with van der Waals surface area (Å²) < 4.78 is 5.03. The predicted octanol–water partition coefficient (Wildman–Crippen LogP) is 15.5. The first kappa shape index (κ1) is 32.4. The second-order valence-electron chi connectivity index (χ2n) is 14.5. The quantitative estimate of drug-likeness (QED) is 0.161. The van der Waals surface area contributed by atoms with Gasteiger partial charge in [-0.1, -0.05) is 158 Å². The highest BCUT2D eigenvalue weighted by Crippen LogP contribution is 2.44. The van der Waals surface area contributed by atoms with E-state index < -0.39 is 0 Å². The van der Waals surface area contributed by atoms with Crippen LogP contribution in [0.1, 0.15) is 0 Å². The Labute approximate surface area is 330 Å². The molecule has 0 aliphatic heterocycles. The van der Waals surface area contributed by atoms with Crippen LogP contribution in [0.3, 0.4) is 0 Å². The summed E-state index contributed by atoms with van der Waals surface area (Å²) in [5, 5.41) is 5.12. The molecule has 11 rings (SSSR count). The smallest absolute Gasteiger partial charge is 0.0547 e. The first-order valence-electron chi connectivity index (χ1n) is 19.2. The molecule has 2 heteroatoms. The fourth-order valence-electron chi connectivity index (χ4n) is 8.44. The molecule has 262 valence electrons. The maximum absolute atomic E-state index is 2.41. The Hall–Kier alpha value is -7.00. The number of aromatic nitrogens is 1. The standard InChI is InChI=1S/C54H35NS/c1-4-13-36(14-5-1)38-23-25-39(26-24-38)42-31-43(41-27-29-48-47-19-10-11-22-51(47)55(52(48)35-41)45-17-8-3-9-18-45)33-44(32-42)46-20-12-21-49-50-34-40(37-15-6-2-7-16-37)28-30-53(50)56-54(46)49/h1-35H. The average Bonchev–Trinajstić information content (AvgIpc) is 3.82. The number of hydrogen-bond acceptors (Lipinski definition) is 1. The Morgan fingerprint density at radius 3 is 1.55 bits per heavy atom. The second-order valence-corrected chi connectivity index (χ2v) is 15.6. The summed E-state index contributed by atoms with van der Waals surface area (Å²) in [6.07, 6.45) is 0. The Balaban J connectivity index is 1.11. The third kappa shape index (κ3) is 5.54. The van der Waals surface area contributed by atoms with Gasteiger partial charge in [0.25, 0.3) is 0 Å². The minimum Gasteiger partial charge on any atom is -0.309 e. The van der Waals surface area contributed by atoms with Crippen LogP contribution in [0.15, 0.2) is 212 Å². The molecular weight excluding hydrogens is 695 g/mol. The highest BCUT2D eigenvalue weighted by Gasteiger charge is 2.17. The lowest BCUT2D eigenvalue weighted by molar-refractivity contribution is 1.18. The van der Waals surface area contributed by atoms with Gasteiger partial charge in [0.15, 0.2) is 0 Å². The van der Waals surface area contributed by atoms with Crippen LogP contribution in [-0.4, -0.2) is 4.57 Å². The van der Waals surface area contributed by atoms with Crippen LogP contribution in [-0.2, 0) is 0 Å². The van der Waals surface area contributed by atoms with E-state index in [1.54, 1.807) is 0 Å². The molecule has 0 unspecified atom stereocenters. The lowest BCUT2D eigenvalue weighted by Gasteiger charge is -2.13. The molecular formula is C54H35NS. The minimum absolute atomic E-state index is 1.16. The van der Waals surface area contributed by atoms with Crippen molar-refractivity contribution >= 4 is 53.3 Å². The molecule has 0 amide bonds. The lowest BCUT2D eigenvalue weighted by atomic mass is 9.92. The summed E-state index contributed by atoms with van der Waals surface area (Å²) in [7, 11) is 0. The van der Waals surface area contributed by atoms with Crippen molar-refractivity contribution in [3.05, 3.63) is 212 Å². The van der Waals surface area contributed by atoms with Gasteiger partial charge in [-0.25, -0.2) is 0 Å². The number of thiophene rings is 1. The number of nitrogens with zero attached hydrogens (tertiary/aromatic N) is 1. The molecule has 0 aliphatic carbocycles. The van der Waals surface area contributed by atoms with E-state index in [1.165, 1.54) is 97.6 Å². The zero-order valence-electron chi connectivity index (χ0n) is 30.6. The van der Waals surface area contributed by atoms with Crippen molar-refractivity contribution < 1.29 is 0 Å². The molecule has 0 atom stereocenters. The van der Waals surface area contributed by atoms with Crippen molar-refractivity contribution in [2.45, 2.75) is 0 Å². The van der Waals surface area contributed by atoms with E-state index in [-0.39, 0.29) is 0 Å². The van der Waals surface area contributed by atoms with Gasteiger partial charge in [0.2, 0.25) is 0 Å². The fourth-order valence-corrected chi connectivity index (χ4v) is 9.66. The van der Waals surface area contributed by atoms with E-state index in [1.807, 2.05) is 11.3 Å². The Kier molecular flexibility index (Phi) is 7.75. The van der Waals surface area contributed by atoms with Crippen molar-refractivity contribution in [2.75, 3.05) is 0 Å². The first-order chi connectivity index (χ1) is 27.7. The van der Waals surface area contributed by atoms with E-state index in [9.17, 15) is 0 Å². The summed E-state index contributed by atoms with van der Waals surface area (Å²) in [4.78, 5) is 0. The second kappa shape index (κ2) is 13.4. The highest BCUT2D eigenvalue weighted by molar-refractivity contribution is 7.26. The van der Waals surface area contributed by atoms with Crippen LogP contribution < -0.4 is 0 Å². The van der Waals surface area contributed by atoms with Crippen LogP contribution in [0.5, 0.6) is 0 Å². The van der Waals surface area contributed by atoms with Crippen LogP contribution in [0.2, 0.25) is 0 Å². The van der Waals surface area contributed by atoms with Gasteiger partial charge in [-0.3, -0.25) is 0 Å². The maximum atomic E-state index is 2.41. The maximum Gasteiger partial charge on any atom is 0.0547 e. The van der Waals surface area contributed by atoms with E-state index in [0.717, 1.165) is 5.69 Å². The Morgan fingerprint density at radius 2 is 0.804 bits per heavy atom. The number of rotatable bonds is 6. The van der Waals surface area contributed by atoms with Crippen molar-refractivity contribution in [1.82, 2.24) is 4.57 Å². The van der Waals surface area contributed by atoms with Crippen LogP contribution in [0.4, 0.5) is 0 Å². The van der Waals surface area contributed by atoms with E-state index in [2.05, 4.69) is 217 Å². The number of fused-ring (bicyclic) bond motifs is 6. The van der Waals surface area contributed by atoms with Crippen LogP contribution in [0.25, 0.3) is 103 Å². The van der Waals surface area contributed by atoms with Crippen LogP contribution >= 0.6 is 11.3 Å². The molecule has 1 nitrogen and oxygen atoms in total. The number of hydrogen-bond donors (Lipinski definition) is 0. The van der Waals surface area contributed by atoms with Gasteiger partial charge in [0, 0.05) is 36.6 Å². The fraction of sp³-hybridized carbons (Fsp3) is 0. The third-order valence-electron chi connectivity index (χ3n) is 11.2. The van der Waals surface area contributed by atoms with Crippen molar-refractivity contribution in [3.8, 4) is 61.3 Å². The topological polar surface area (TPSA) is 4.93 Å². The third-order valence-corrected chi connectivity index (χ3v) is 12.4. The van der Waals surface area contributed by atoms with Gasteiger partial charge in [-0.15, -0.1) is 11.3 Å². The summed E-state index contributed by atoms with van der Waals surface area (Å²) in [6.45, 7) is 0. The van der Waals surface area contributed by atoms with Crippen LogP contribution in [0, 0.1) is 0 Å². The summed E-state index contributed by atoms with van der Waals surface area (Å²) >= 11 is 1.89. The molecule has 0 spiro atoms. The van der Waals surface area contributed by atoms with Gasteiger partial charge in [-0.2, -0.15) is 0 Å². The molecule has 0 N–H and O–H groups in total. The zero-order valence-corrected chi connectivity index (χ0v) is 31.4. The largest absolute Gasteiger partial charge is 0.309 e. The van der Waals surface area contributed by atoms with Crippen molar-refractivity contribution in [2.24, 2.45) is 0 Å². The summed E-state index contributed by atoms with van der Waals surface area (Å²) in [5.41, 5.74) is 15.8. The van der Waals surface area contributed by atoms with Gasteiger partial charge in [0.05, 0.1) is 11.0 Å². The monoisotopic (exact) mass is 729 g/mol. The SMILES string of the molecule is c1ccc(-c2ccc(-c3cc(-c4ccc5c6ccccc6n(-c6ccccc6)c5c4)cc(-c4cccc5c4sc4ccc(-c6ccccc6)cc45)c3)cc2)cc1. The molecule has 2 aromatic heterocycles. The van der Waals surface area contributed by atoms with E-state index in [4.69, 9.17) is 0 Å². The predicted molar refractivity (Wildman–Crippen MR) is 241 cm³/mol. The molecule has 56 heavy (non-hydrogen) atoms. The normalized spacial score (nSPS) is 11.6. The molecule has 11 aromatic rings. The number of benzene rings is 9. The molecule has 0 aliphatic rings. The van der Waals surface area contributed by atoms with Gasteiger partial charge < -0.3 is 4.57 Å². The Bertz CT molecular complexity index is 3210. The molecule has 0 fully saturated rings. The summed E-state index contributed by atoms with van der Waals surface area (Å²) in [6, 6.07) is 77.7. The average molecular weight is 730 g/mol. The first-order valence-corrected chi connectivity index (χ1v) is 20.0. The molecule has 0 bridgehead atoms. The van der Waals surface area contributed by atoms with E-state index >= 15 is 0 Å². The lowest BCUT2D eigenvalue weighted by Crippen LogP contribution is -1.93. The molecule has 9 aromatic carbocycles. The molecule has 2 heterocycles. The van der Waals surface area contributed by atoms with E-state index in [0.29, 0.717) is 0 Å². The number of para-hydroxylation sites is 2. The molecule has 0 saturated carbocycles. The van der Waals surface area contributed by atoms with Gasteiger partial charge >= 0.3 is 0 Å². The minimum atomic E-state index is 1.16. The van der Waals surface area contributed by atoms with Crippen molar-refractivity contribution in [1.29, 1.82) is 0 Å². The Morgan fingerprint density at radius 1 is 0.286 bits per heavy atom. The highest BCUT2D eigenvalue weighted by atomic mass is 32.1.